The van der Waals surface area contributed by atoms with E-state index in [4.69, 9.17) is 12.2 Å². The fourth-order valence-corrected chi connectivity index (χ4v) is 4.31. The predicted octanol–water partition coefficient (Wildman–Crippen LogP) is 4.75. The van der Waals surface area contributed by atoms with Crippen LogP contribution in [0.2, 0.25) is 0 Å². The Bertz CT molecular complexity index is 1160. The van der Waals surface area contributed by atoms with Gasteiger partial charge in [-0.05, 0) is 67.2 Å². The highest BCUT2D eigenvalue weighted by molar-refractivity contribution is 7.80. The Hall–Kier alpha value is -3.51. The van der Waals surface area contributed by atoms with E-state index in [0.717, 1.165) is 28.5 Å². The molecule has 30 heavy (non-hydrogen) atoms. The lowest BCUT2D eigenvalue weighted by Gasteiger charge is -2.28. The molecular weight excluding hydrogens is 390 g/mol. The first kappa shape index (κ1) is 18.5. The summed E-state index contributed by atoms with van der Waals surface area (Å²) in [4.78, 5) is 11.4. The molecule has 4 aromatic rings. The fraction of sp³-hybridized carbons (Fsp3) is 0.125. The summed E-state index contributed by atoms with van der Waals surface area (Å²) in [6.45, 7) is 2.04. The summed E-state index contributed by atoms with van der Waals surface area (Å²) in [5.74, 6) is 0.881. The highest BCUT2D eigenvalue weighted by Crippen LogP contribution is 2.41. The van der Waals surface area contributed by atoms with Gasteiger partial charge in [0.05, 0.1) is 11.7 Å². The van der Waals surface area contributed by atoms with Crippen LogP contribution in [-0.2, 0) is 0 Å². The van der Waals surface area contributed by atoms with Gasteiger partial charge in [-0.1, -0.05) is 30.3 Å². The minimum Gasteiger partial charge on any atom is -0.351 e. The van der Waals surface area contributed by atoms with Crippen molar-refractivity contribution in [3.8, 4) is 5.82 Å². The number of rotatable bonds is 4. The quantitative estimate of drug-likeness (QED) is 0.491. The Morgan fingerprint density at radius 1 is 0.900 bits per heavy atom. The van der Waals surface area contributed by atoms with E-state index < -0.39 is 0 Å². The van der Waals surface area contributed by atoms with E-state index in [1.165, 1.54) is 0 Å². The van der Waals surface area contributed by atoms with Crippen molar-refractivity contribution in [3.05, 3.63) is 108 Å². The number of nitrogens with one attached hydrogen (secondary N) is 1. The van der Waals surface area contributed by atoms with Crippen LogP contribution in [0.5, 0.6) is 0 Å². The van der Waals surface area contributed by atoms with Gasteiger partial charge in [-0.2, -0.15) is 0 Å². The van der Waals surface area contributed by atoms with Gasteiger partial charge in [0.1, 0.15) is 11.9 Å². The van der Waals surface area contributed by atoms with Crippen molar-refractivity contribution in [3.63, 3.8) is 0 Å². The number of aryl methyl sites for hydroxylation is 1. The molecule has 0 saturated carbocycles. The van der Waals surface area contributed by atoms with Gasteiger partial charge in [-0.15, -0.1) is 0 Å². The maximum atomic E-state index is 5.79. The molecule has 1 aliphatic rings. The number of benzene rings is 1. The molecule has 1 aromatic carbocycles. The summed E-state index contributed by atoms with van der Waals surface area (Å²) in [7, 11) is 0. The van der Waals surface area contributed by atoms with E-state index in [0.29, 0.717) is 5.11 Å². The molecule has 1 saturated heterocycles. The summed E-state index contributed by atoms with van der Waals surface area (Å²) in [6, 6.07) is 24.4. The third-order valence-corrected chi connectivity index (χ3v) is 5.67. The monoisotopic (exact) mass is 411 g/mol. The zero-order chi connectivity index (χ0) is 20.5. The minimum absolute atomic E-state index is 0.0760. The molecule has 0 unspecified atom stereocenters. The smallest absolute Gasteiger partial charge is 0.174 e. The average molecular weight is 412 g/mol. The number of nitrogens with zero attached hydrogens (tertiary/aromatic N) is 4. The minimum atomic E-state index is -0.0852. The van der Waals surface area contributed by atoms with E-state index >= 15 is 0 Å². The van der Waals surface area contributed by atoms with Crippen LogP contribution in [0, 0.1) is 6.92 Å². The second-order valence-electron chi connectivity index (χ2n) is 7.33. The number of aromatic nitrogens is 3. The van der Waals surface area contributed by atoms with Crippen molar-refractivity contribution in [2.24, 2.45) is 0 Å². The summed E-state index contributed by atoms with van der Waals surface area (Å²) < 4.78 is 2.13. The fourth-order valence-electron chi connectivity index (χ4n) is 3.97. The van der Waals surface area contributed by atoms with Gasteiger partial charge in [0.15, 0.2) is 5.11 Å². The van der Waals surface area contributed by atoms with Gasteiger partial charge in [-0.3, -0.25) is 4.98 Å². The van der Waals surface area contributed by atoms with Crippen molar-refractivity contribution >= 4 is 23.0 Å². The van der Waals surface area contributed by atoms with Crippen LogP contribution in [-0.4, -0.2) is 19.6 Å². The average Bonchev–Trinajstić information content (AvgIpc) is 3.40. The number of thiocarbonyl (C=S) groups is 1. The second-order valence-corrected chi connectivity index (χ2v) is 7.72. The van der Waals surface area contributed by atoms with Crippen LogP contribution in [0.1, 0.15) is 29.0 Å². The highest BCUT2D eigenvalue weighted by Gasteiger charge is 2.42. The molecule has 0 bridgehead atoms. The first-order chi connectivity index (χ1) is 14.7. The molecule has 1 N–H and O–H groups in total. The highest BCUT2D eigenvalue weighted by atomic mass is 32.1. The summed E-state index contributed by atoms with van der Waals surface area (Å²) in [6.07, 6.45) is 5.76. The molecule has 5 rings (SSSR count). The first-order valence-corrected chi connectivity index (χ1v) is 10.3. The van der Waals surface area contributed by atoms with Crippen LogP contribution >= 0.6 is 12.2 Å². The molecule has 0 spiro atoms. The normalized spacial score (nSPS) is 18.4. The van der Waals surface area contributed by atoms with Crippen molar-refractivity contribution in [1.29, 1.82) is 0 Å². The maximum Gasteiger partial charge on any atom is 0.174 e. The number of para-hydroxylation sites is 1. The lowest BCUT2D eigenvalue weighted by Crippen LogP contribution is -2.30. The topological polar surface area (TPSA) is 46.0 Å². The van der Waals surface area contributed by atoms with E-state index in [1.807, 2.05) is 68.0 Å². The van der Waals surface area contributed by atoms with Crippen LogP contribution < -0.4 is 10.2 Å². The zero-order valence-electron chi connectivity index (χ0n) is 16.5. The molecule has 0 radical (unpaired) electrons. The van der Waals surface area contributed by atoms with Gasteiger partial charge < -0.3 is 14.8 Å². The van der Waals surface area contributed by atoms with Gasteiger partial charge in [0.2, 0.25) is 0 Å². The molecule has 148 valence electrons. The molecule has 5 nitrogen and oxygen atoms in total. The van der Waals surface area contributed by atoms with E-state index in [1.54, 1.807) is 0 Å². The molecular formula is C24H21N5S. The van der Waals surface area contributed by atoms with Crippen molar-refractivity contribution < 1.29 is 0 Å². The van der Waals surface area contributed by atoms with Gasteiger partial charge in [0.25, 0.3) is 0 Å². The van der Waals surface area contributed by atoms with Crippen LogP contribution in [0.15, 0.2) is 91.4 Å². The number of hydrogen-bond acceptors (Lipinski definition) is 3. The standard InChI is InChI=1S/C24H21N5S/c1-17-12-13-21(26-16-17)28-15-7-11-20(28)23-22(19-10-5-6-14-25-19)27-24(30)29(23)18-8-3-2-4-9-18/h2-16,22-23H,1H3,(H,27,30)/t22-,23+/m0/s1. The van der Waals surface area contributed by atoms with Gasteiger partial charge in [-0.25, -0.2) is 4.98 Å². The summed E-state index contributed by atoms with van der Waals surface area (Å²) >= 11 is 5.79. The van der Waals surface area contributed by atoms with Gasteiger partial charge in [0, 0.05) is 30.0 Å². The van der Waals surface area contributed by atoms with Crippen LogP contribution in [0.25, 0.3) is 5.82 Å². The number of hydrogen-bond donors (Lipinski definition) is 1. The van der Waals surface area contributed by atoms with E-state index in [-0.39, 0.29) is 12.1 Å². The number of anilines is 1. The third-order valence-electron chi connectivity index (χ3n) is 5.36. The van der Waals surface area contributed by atoms with Gasteiger partial charge >= 0.3 is 0 Å². The third kappa shape index (κ3) is 3.25. The largest absolute Gasteiger partial charge is 0.351 e. The van der Waals surface area contributed by atoms with Crippen LogP contribution in [0.3, 0.4) is 0 Å². The Morgan fingerprint density at radius 3 is 2.47 bits per heavy atom. The molecule has 0 aliphatic carbocycles. The van der Waals surface area contributed by atoms with E-state index in [9.17, 15) is 0 Å². The van der Waals surface area contributed by atoms with Crippen molar-refractivity contribution in [1.82, 2.24) is 19.9 Å². The molecule has 1 fully saturated rings. The molecule has 2 atom stereocenters. The summed E-state index contributed by atoms with van der Waals surface area (Å²) in [5.41, 5.74) is 4.22. The van der Waals surface area contributed by atoms with Crippen molar-refractivity contribution in [2.45, 2.75) is 19.0 Å². The maximum absolute atomic E-state index is 5.79. The second kappa shape index (κ2) is 7.72. The molecule has 3 aromatic heterocycles. The Morgan fingerprint density at radius 2 is 1.73 bits per heavy atom. The summed E-state index contributed by atoms with van der Waals surface area (Å²) in [5, 5.41) is 4.19. The zero-order valence-corrected chi connectivity index (χ0v) is 17.3. The Kier molecular flexibility index (Phi) is 4.77. The first-order valence-electron chi connectivity index (χ1n) is 9.88. The Balaban J connectivity index is 1.66. The SMILES string of the molecule is Cc1ccc(-n2cccc2[C@@H]2[C@H](c3ccccn3)NC(=S)N2c2ccccc2)nc1. The molecule has 6 heteroatoms. The van der Waals surface area contributed by atoms with E-state index in [2.05, 4.69) is 55.1 Å². The Labute approximate surface area is 181 Å². The van der Waals surface area contributed by atoms with Crippen molar-refractivity contribution in [2.75, 3.05) is 4.90 Å². The lowest BCUT2D eigenvalue weighted by molar-refractivity contribution is 0.548. The lowest BCUT2D eigenvalue weighted by atomic mass is 10.0. The van der Waals surface area contributed by atoms with Crippen LogP contribution in [0.4, 0.5) is 5.69 Å². The number of pyridine rings is 2. The molecule has 0 amide bonds. The molecule has 1 aliphatic heterocycles. The molecule has 4 heterocycles. The predicted molar refractivity (Wildman–Crippen MR) is 123 cm³/mol.